The van der Waals surface area contributed by atoms with Gasteiger partial charge in [-0.15, -0.1) is 0 Å². The van der Waals surface area contributed by atoms with Crippen LogP contribution in [0, 0.1) is 5.92 Å². The SMILES string of the molecule is N[C@@H](CCSCC1CCCCC1)C(=O)O. The number of hydrogen-bond donors (Lipinski definition) is 2. The van der Waals surface area contributed by atoms with Crippen LogP contribution in [-0.2, 0) is 4.79 Å². The Morgan fingerprint density at radius 1 is 1.40 bits per heavy atom. The molecule has 0 saturated heterocycles. The van der Waals surface area contributed by atoms with Gasteiger partial charge in [0.1, 0.15) is 6.04 Å². The highest BCUT2D eigenvalue weighted by molar-refractivity contribution is 7.99. The highest BCUT2D eigenvalue weighted by Crippen LogP contribution is 2.26. The van der Waals surface area contributed by atoms with Crippen LogP contribution in [0.4, 0.5) is 0 Å². The van der Waals surface area contributed by atoms with E-state index < -0.39 is 12.0 Å². The largest absolute Gasteiger partial charge is 0.480 e. The maximum Gasteiger partial charge on any atom is 0.320 e. The summed E-state index contributed by atoms with van der Waals surface area (Å²) in [4.78, 5) is 10.5. The van der Waals surface area contributed by atoms with Gasteiger partial charge in [-0.3, -0.25) is 4.79 Å². The summed E-state index contributed by atoms with van der Waals surface area (Å²) in [5.41, 5.74) is 5.42. The first-order chi connectivity index (χ1) is 7.20. The molecule has 1 rings (SSSR count). The first-order valence-corrected chi connectivity index (χ1v) is 6.91. The van der Waals surface area contributed by atoms with E-state index in [0.29, 0.717) is 6.42 Å². The fourth-order valence-electron chi connectivity index (χ4n) is 1.94. The molecule has 0 amide bonds. The minimum absolute atomic E-state index is 0.590. The third-order valence-electron chi connectivity index (χ3n) is 2.97. The molecule has 1 saturated carbocycles. The molecule has 1 aliphatic rings. The molecule has 0 aromatic heterocycles. The van der Waals surface area contributed by atoms with Crippen molar-refractivity contribution in [3.05, 3.63) is 0 Å². The molecule has 0 radical (unpaired) electrons. The van der Waals surface area contributed by atoms with Gasteiger partial charge in [-0.2, -0.15) is 11.8 Å². The maximum absolute atomic E-state index is 10.5. The number of rotatable bonds is 6. The quantitative estimate of drug-likeness (QED) is 0.687. The van der Waals surface area contributed by atoms with Crippen molar-refractivity contribution in [2.45, 2.75) is 44.6 Å². The molecule has 0 spiro atoms. The number of carbonyl (C=O) groups is 1. The molecule has 1 aliphatic carbocycles. The van der Waals surface area contributed by atoms with Crippen LogP contribution in [-0.4, -0.2) is 28.6 Å². The first-order valence-electron chi connectivity index (χ1n) is 5.76. The van der Waals surface area contributed by atoms with E-state index in [1.165, 1.54) is 37.9 Å². The normalized spacial score (nSPS) is 20.1. The van der Waals surface area contributed by atoms with Crippen LogP contribution in [0.1, 0.15) is 38.5 Å². The Hall–Kier alpha value is -0.220. The van der Waals surface area contributed by atoms with Crippen LogP contribution in [0.2, 0.25) is 0 Å². The number of aliphatic carboxylic acids is 1. The fourth-order valence-corrected chi connectivity index (χ4v) is 3.19. The molecular weight excluding hydrogens is 210 g/mol. The molecule has 15 heavy (non-hydrogen) atoms. The second-order valence-electron chi connectivity index (χ2n) is 4.31. The number of hydrogen-bond acceptors (Lipinski definition) is 3. The topological polar surface area (TPSA) is 63.3 Å². The van der Waals surface area contributed by atoms with Gasteiger partial charge >= 0.3 is 5.97 Å². The molecule has 0 aromatic carbocycles. The summed E-state index contributed by atoms with van der Waals surface area (Å²) < 4.78 is 0. The lowest BCUT2D eigenvalue weighted by Gasteiger charge is -2.21. The fraction of sp³-hybridized carbons (Fsp3) is 0.909. The smallest absolute Gasteiger partial charge is 0.320 e. The Labute approximate surface area is 95.8 Å². The minimum atomic E-state index is -0.881. The molecule has 1 atom stereocenters. The summed E-state index contributed by atoms with van der Waals surface area (Å²) in [6.45, 7) is 0. The number of thioether (sulfide) groups is 1. The Morgan fingerprint density at radius 2 is 2.07 bits per heavy atom. The molecule has 1 fully saturated rings. The number of nitrogens with two attached hydrogens (primary N) is 1. The van der Waals surface area contributed by atoms with Gasteiger partial charge in [-0.25, -0.2) is 0 Å². The van der Waals surface area contributed by atoms with Gasteiger partial charge in [-0.1, -0.05) is 19.3 Å². The Balaban J connectivity index is 1.98. The van der Waals surface area contributed by atoms with Crippen LogP contribution in [0.3, 0.4) is 0 Å². The van der Waals surface area contributed by atoms with E-state index in [1.807, 2.05) is 11.8 Å². The Bertz CT molecular complexity index is 193. The van der Waals surface area contributed by atoms with Crippen LogP contribution in [0.25, 0.3) is 0 Å². The third kappa shape index (κ3) is 5.42. The van der Waals surface area contributed by atoms with E-state index >= 15 is 0 Å². The molecule has 3 nitrogen and oxygen atoms in total. The Morgan fingerprint density at radius 3 is 2.67 bits per heavy atom. The molecule has 3 N–H and O–H groups in total. The summed E-state index contributed by atoms with van der Waals surface area (Å²) in [7, 11) is 0. The monoisotopic (exact) mass is 231 g/mol. The standard InChI is InChI=1S/C11H21NO2S/c12-10(11(13)14)6-7-15-8-9-4-2-1-3-5-9/h9-10H,1-8,12H2,(H,13,14)/t10-/m0/s1. The highest BCUT2D eigenvalue weighted by Gasteiger charge is 2.14. The average Bonchev–Trinajstić information content (AvgIpc) is 2.25. The van der Waals surface area contributed by atoms with E-state index in [9.17, 15) is 4.79 Å². The Kier molecular flexibility index (Phi) is 6.10. The van der Waals surface area contributed by atoms with Gasteiger partial charge in [0, 0.05) is 0 Å². The first kappa shape index (κ1) is 12.8. The van der Waals surface area contributed by atoms with Crippen LogP contribution >= 0.6 is 11.8 Å². The molecule has 0 aromatic rings. The lowest BCUT2D eigenvalue weighted by atomic mass is 9.91. The van der Waals surface area contributed by atoms with E-state index in [1.54, 1.807) is 0 Å². The van der Waals surface area contributed by atoms with Gasteiger partial charge in [0.05, 0.1) is 0 Å². The molecule has 0 aliphatic heterocycles. The average molecular weight is 231 g/mol. The van der Waals surface area contributed by atoms with E-state index in [-0.39, 0.29) is 0 Å². The van der Waals surface area contributed by atoms with Crippen molar-refractivity contribution in [3.63, 3.8) is 0 Å². The van der Waals surface area contributed by atoms with Crippen molar-refractivity contribution in [3.8, 4) is 0 Å². The molecule has 0 bridgehead atoms. The van der Waals surface area contributed by atoms with Gasteiger partial charge in [0.25, 0.3) is 0 Å². The van der Waals surface area contributed by atoms with Gasteiger partial charge in [-0.05, 0) is 36.7 Å². The zero-order chi connectivity index (χ0) is 11.1. The van der Waals surface area contributed by atoms with Crippen molar-refractivity contribution in [1.82, 2.24) is 0 Å². The summed E-state index contributed by atoms with van der Waals surface area (Å²) in [5, 5.41) is 8.60. The molecule has 88 valence electrons. The van der Waals surface area contributed by atoms with Crippen molar-refractivity contribution >= 4 is 17.7 Å². The third-order valence-corrected chi connectivity index (χ3v) is 4.20. The van der Waals surface area contributed by atoms with Crippen LogP contribution in [0.5, 0.6) is 0 Å². The predicted octanol–water partition coefficient (Wildman–Crippen LogP) is 2.10. The van der Waals surface area contributed by atoms with Crippen LogP contribution < -0.4 is 5.73 Å². The van der Waals surface area contributed by atoms with Crippen molar-refractivity contribution in [2.24, 2.45) is 11.7 Å². The van der Waals surface area contributed by atoms with E-state index in [0.717, 1.165) is 11.7 Å². The van der Waals surface area contributed by atoms with E-state index in [2.05, 4.69) is 0 Å². The molecule has 0 unspecified atom stereocenters. The van der Waals surface area contributed by atoms with Gasteiger partial charge in [0.2, 0.25) is 0 Å². The zero-order valence-corrected chi connectivity index (χ0v) is 9.97. The molecular formula is C11H21NO2S. The second kappa shape index (κ2) is 7.12. The summed E-state index contributed by atoms with van der Waals surface area (Å²) >= 11 is 1.86. The van der Waals surface area contributed by atoms with Gasteiger partial charge < -0.3 is 10.8 Å². The van der Waals surface area contributed by atoms with Gasteiger partial charge in [0.15, 0.2) is 0 Å². The molecule has 4 heteroatoms. The minimum Gasteiger partial charge on any atom is -0.480 e. The predicted molar refractivity (Wildman–Crippen MR) is 64.1 cm³/mol. The summed E-state index contributed by atoms with van der Waals surface area (Å²) in [5.74, 6) is 2.05. The molecule has 0 heterocycles. The van der Waals surface area contributed by atoms with Crippen molar-refractivity contribution in [2.75, 3.05) is 11.5 Å². The number of carboxylic acids is 1. The van der Waals surface area contributed by atoms with E-state index in [4.69, 9.17) is 10.8 Å². The zero-order valence-electron chi connectivity index (χ0n) is 9.15. The van der Waals surface area contributed by atoms with Crippen LogP contribution in [0.15, 0.2) is 0 Å². The van der Waals surface area contributed by atoms with Crippen molar-refractivity contribution < 1.29 is 9.90 Å². The lowest BCUT2D eigenvalue weighted by Crippen LogP contribution is -2.30. The second-order valence-corrected chi connectivity index (χ2v) is 5.46. The maximum atomic E-state index is 10.5. The number of carboxylic acid groups (broad SMARTS) is 1. The summed E-state index contributed by atoms with van der Waals surface area (Å²) in [6, 6.07) is -0.677. The summed E-state index contributed by atoms with van der Waals surface area (Å²) in [6.07, 6.45) is 7.45. The van der Waals surface area contributed by atoms with Crippen molar-refractivity contribution in [1.29, 1.82) is 0 Å². The lowest BCUT2D eigenvalue weighted by molar-refractivity contribution is -0.138. The highest BCUT2D eigenvalue weighted by atomic mass is 32.2.